The van der Waals surface area contributed by atoms with Crippen LogP contribution < -0.4 is 5.32 Å². The van der Waals surface area contributed by atoms with Gasteiger partial charge in [0.2, 0.25) is 5.91 Å². The molecule has 0 aliphatic carbocycles. The molecule has 5 heteroatoms. The molecule has 27 heavy (non-hydrogen) atoms. The van der Waals surface area contributed by atoms with Crippen molar-refractivity contribution in [2.75, 3.05) is 13.1 Å². The Kier molecular flexibility index (Phi) is 5.85. The van der Waals surface area contributed by atoms with E-state index in [1.54, 1.807) is 29.2 Å². The topological polar surface area (TPSA) is 49.4 Å². The molecule has 1 heterocycles. The van der Waals surface area contributed by atoms with Gasteiger partial charge in [-0.15, -0.1) is 0 Å². The Labute approximate surface area is 165 Å². The fourth-order valence-corrected chi connectivity index (χ4v) is 3.70. The van der Waals surface area contributed by atoms with Gasteiger partial charge in [-0.1, -0.05) is 35.9 Å². The van der Waals surface area contributed by atoms with Crippen LogP contribution in [0.5, 0.6) is 0 Å². The van der Waals surface area contributed by atoms with Gasteiger partial charge in [0.05, 0.1) is 5.41 Å². The minimum absolute atomic E-state index is 0.000593. The molecule has 1 aliphatic rings. The van der Waals surface area contributed by atoms with Gasteiger partial charge in [0.25, 0.3) is 5.91 Å². The summed E-state index contributed by atoms with van der Waals surface area (Å²) in [6.45, 7) is 5.58. The normalized spacial score (nSPS) is 19.6. The quantitative estimate of drug-likeness (QED) is 0.858. The molecular weight excluding hydrogens is 360 g/mol. The van der Waals surface area contributed by atoms with Gasteiger partial charge < -0.3 is 10.2 Å². The summed E-state index contributed by atoms with van der Waals surface area (Å²) in [6, 6.07) is 14.9. The Hall–Kier alpha value is -2.33. The minimum Gasteiger partial charge on any atom is -0.351 e. The molecule has 2 amide bonds. The Morgan fingerprint density at radius 3 is 2.56 bits per heavy atom. The summed E-state index contributed by atoms with van der Waals surface area (Å²) in [7, 11) is 0. The van der Waals surface area contributed by atoms with E-state index in [-0.39, 0.29) is 11.8 Å². The van der Waals surface area contributed by atoms with Gasteiger partial charge >= 0.3 is 0 Å². The predicted molar refractivity (Wildman–Crippen MR) is 108 cm³/mol. The molecule has 1 aliphatic heterocycles. The van der Waals surface area contributed by atoms with Crippen molar-refractivity contribution >= 4 is 23.4 Å². The number of halogens is 1. The number of carbonyl (C=O) groups is 2. The van der Waals surface area contributed by atoms with E-state index in [2.05, 4.69) is 5.32 Å². The zero-order valence-corrected chi connectivity index (χ0v) is 16.6. The van der Waals surface area contributed by atoms with Crippen LogP contribution in [0.25, 0.3) is 0 Å². The summed E-state index contributed by atoms with van der Waals surface area (Å²) >= 11 is 5.91. The molecule has 0 saturated carbocycles. The first-order valence-electron chi connectivity index (χ1n) is 9.27. The van der Waals surface area contributed by atoms with Crippen LogP contribution in [0.2, 0.25) is 5.02 Å². The zero-order chi connectivity index (χ0) is 19.4. The molecule has 1 N–H and O–H groups in total. The number of carbonyl (C=O) groups excluding carboxylic acids is 2. The third-order valence-corrected chi connectivity index (χ3v) is 5.58. The molecule has 3 rings (SSSR count). The van der Waals surface area contributed by atoms with E-state index in [9.17, 15) is 9.59 Å². The molecule has 0 radical (unpaired) electrons. The van der Waals surface area contributed by atoms with Gasteiger partial charge in [0.15, 0.2) is 0 Å². The number of benzene rings is 2. The summed E-state index contributed by atoms with van der Waals surface area (Å²) in [6.07, 6.45) is 1.59. The summed E-state index contributed by atoms with van der Waals surface area (Å²) in [5.74, 6) is -0.0522. The SMILES string of the molecule is Cc1ccccc1CNC(=O)[C@]1(C)CCCN(C(=O)c2ccc(Cl)cc2)C1. The van der Waals surface area contributed by atoms with Crippen LogP contribution in [0.15, 0.2) is 48.5 Å². The number of hydrogen-bond acceptors (Lipinski definition) is 2. The third-order valence-electron chi connectivity index (χ3n) is 5.32. The first-order chi connectivity index (χ1) is 12.9. The lowest BCUT2D eigenvalue weighted by molar-refractivity contribution is -0.132. The second kappa shape index (κ2) is 8.13. The number of piperidine rings is 1. The average Bonchev–Trinajstić information content (AvgIpc) is 2.67. The standard InChI is InChI=1S/C22H25ClN2O2/c1-16-6-3-4-7-18(16)14-24-21(27)22(2)12-5-13-25(15-22)20(26)17-8-10-19(23)11-9-17/h3-4,6-11H,5,12-15H2,1-2H3,(H,24,27)/t22-/m1/s1. The molecule has 0 unspecified atom stereocenters. The number of hydrogen-bond donors (Lipinski definition) is 1. The molecule has 1 saturated heterocycles. The Balaban J connectivity index is 1.66. The first-order valence-corrected chi connectivity index (χ1v) is 9.64. The second-order valence-electron chi connectivity index (χ2n) is 7.51. The molecule has 2 aromatic carbocycles. The molecular formula is C22H25ClN2O2. The van der Waals surface area contributed by atoms with Crippen LogP contribution in [-0.2, 0) is 11.3 Å². The van der Waals surface area contributed by atoms with Crippen molar-refractivity contribution in [1.82, 2.24) is 10.2 Å². The molecule has 1 fully saturated rings. The van der Waals surface area contributed by atoms with E-state index in [4.69, 9.17) is 11.6 Å². The fourth-order valence-electron chi connectivity index (χ4n) is 3.57. The van der Waals surface area contributed by atoms with Gasteiger partial charge in [-0.3, -0.25) is 9.59 Å². The lowest BCUT2D eigenvalue weighted by Gasteiger charge is -2.39. The first kappa shape index (κ1) is 19.4. The van der Waals surface area contributed by atoms with E-state index >= 15 is 0 Å². The van der Waals surface area contributed by atoms with E-state index in [1.807, 2.05) is 38.1 Å². The molecule has 1 atom stereocenters. The van der Waals surface area contributed by atoms with Gasteiger partial charge in [-0.05, 0) is 62.1 Å². The monoisotopic (exact) mass is 384 g/mol. The number of rotatable bonds is 4. The van der Waals surface area contributed by atoms with E-state index < -0.39 is 5.41 Å². The second-order valence-corrected chi connectivity index (χ2v) is 7.94. The maximum absolute atomic E-state index is 12.9. The van der Waals surface area contributed by atoms with Crippen molar-refractivity contribution in [1.29, 1.82) is 0 Å². The van der Waals surface area contributed by atoms with Crippen LogP contribution in [0.3, 0.4) is 0 Å². The lowest BCUT2D eigenvalue weighted by atomic mass is 9.80. The number of amides is 2. The van der Waals surface area contributed by atoms with E-state index in [0.29, 0.717) is 30.2 Å². The van der Waals surface area contributed by atoms with Crippen LogP contribution in [-0.4, -0.2) is 29.8 Å². The molecule has 0 bridgehead atoms. The Morgan fingerprint density at radius 1 is 1.15 bits per heavy atom. The van der Waals surface area contributed by atoms with Crippen molar-refractivity contribution in [3.8, 4) is 0 Å². The summed E-state index contributed by atoms with van der Waals surface area (Å²) in [5, 5.41) is 3.66. The number of aryl methyl sites for hydroxylation is 1. The van der Waals surface area contributed by atoms with Gasteiger partial charge in [-0.25, -0.2) is 0 Å². The van der Waals surface area contributed by atoms with Gasteiger partial charge in [-0.2, -0.15) is 0 Å². The van der Waals surface area contributed by atoms with Crippen LogP contribution in [0.1, 0.15) is 41.3 Å². The highest BCUT2D eigenvalue weighted by Gasteiger charge is 2.39. The Bertz CT molecular complexity index is 834. The number of likely N-dealkylation sites (tertiary alicyclic amines) is 1. The highest BCUT2D eigenvalue weighted by Crippen LogP contribution is 2.31. The predicted octanol–water partition coefficient (Wildman–Crippen LogP) is 4.21. The third kappa shape index (κ3) is 4.51. The van der Waals surface area contributed by atoms with Crippen molar-refractivity contribution < 1.29 is 9.59 Å². The fraction of sp³-hybridized carbons (Fsp3) is 0.364. The van der Waals surface area contributed by atoms with Crippen molar-refractivity contribution in [2.24, 2.45) is 5.41 Å². The molecule has 142 valence electrons. The average molecular weight is 385 g/mol. The largest absolute Gasteiger partial charge is 0.351 e. The molecule has 0 aromatic heterocycles. The summed E-state index contributed by atoms with van der Waals surface area (Å²) in [5.41, 5.74) is 2.29. The number of nitrogens with one attached hydrogen (secondary N) is 1. The lowest BCUT2D eigenvalue weighted by Crippen LogP contribution is -2.51. The van der Waals surface area contributed by atoms with Gasteiger partial charge in [0, 0.05) is 30.2 Å². The zero-order valence-electron chi connectivity index (χ0n) is 15.8. The van der Waals surface area contributed by atoms with E-state index in [0.717, 1.165) is 24.0 Å². The molecule has 0 spiro atoms. The van der Waals surface area contributed by atoms with Crippen molar-refractivity contribution in [3.63, 3.8) is 0 Å². The smallest absolute Gasteiger partial charge is 0.253 e. The summed E-state index contributed by atoms with van der Waals surface area (Å²) < 4.78 is 0. The summed E-state index contributed by atoms with van der Waals surface area (Å²) in [4.78, 5) is 27.5. The highest BCUT2D eigenvalue weighted by molar-refractivity contribution is 6.30. The van der Waals surface area contributed by atoms with Crippen LogP contribution >= 0.6 is 11.6 Å². The van der Waals surface area contributed by atoms with Gasteiger partial charge in [0.1, 0.15) is 0 Å². The highest BCUT2D eigenvalue weighted by atomic mass is 35.5. The van der Waals surface area contributed by atoms with Crippen LogP contribution in [0.4, 0.5) is 0 Å². The van der Waals surface area contributed by atoms with Crippen molar-refractivity contribution in [2.45, 2.75) is 33.2 Å². The maximum atomic E-state index is 12.9. The molecule has 4 nitrogen and oxygen atoms in total. The maximum Gasteiger partial charge on any atom is 0.253 e. The molecule has 2 aromatic rings. The van der Waals surface area contributed by atoms with Crippen molar-refractivity contribution in [3.05, 3.63) is 70.2 Å². The minimum atomic E-state index is -0.580. The van der Waals surface area contributed by atoms with E-state index in [1.165, 1.54) is 0 Å². The number of nitrogens with zero attached hydrogens (tertiary/aromatic N) is 1. The Morgan fingerprint density at radius 2 is 1.85 bits per heavy atom. The van der Waals surface area contributed by atoms with Crippen LogP contribution in [0, 0.1) is 12.3 Å².